The van der Waals surface area contributed by atoms with Gasteiger partial charge in [0.2, 0.25) is 5.96 Å². The summed E-state index contributed by atoms with van der Waals surface area (Å²) in [5, 5.41) is 12.0. The molecule has 0 fully saturated rings. The molecule has 0 saturated heterocycles. The molecular formula is C24H36N4O4S. The number of benzene rings is 2. The van der Waals surface area contributed by atoms with Crippen molar-refractivity contribution in [2.45, 2.75) is 52.9 Å². The van der Waals surface area contributed by atoms with Gasteiger partial charge >= 0.3 is 5.97 Å². The number of carbonyl (C=O) groups is 1. The zero-order valence-corrected chi connectivity index (χ0v) is 21.1. The lowest BCUT2D eigenvalue weighted by molar-refractivity contribution is -0.135. The van der Waals surface area contributed by atoms with Crippen molar-refractivity contribution >= 4 is 23.9 Å². The molecule has 0 amide bonds. The van der Waals surface area contributed by atoms with E-state index in [1.54, 1.807) is 0 Å². The topological polar surface area (TPSA) is 132 Å². The summed E-state index contributed by atoms with van der Waals surface area (Å²) in [4.78, 5) is 16.4. The molecule has 0 aliphatic heterocycles. The molecule has 0 unspecified atom stereocenters. The standard InChI is InChI=1S/C13H19NO2S.C11H17N3O2/c1-7-8(2)10(4)13(11(5)9(7)3)17-14-6-12(15)16;1-9-3-5-10(6-4-9)15-7-2-8-16-14-11(12)13/h14H,6H2,1-5H3,(H,15,16);3-6H,2,7-8H2,1H3,(H4,12,13,14). The average molecular weight is 477 g/mol. The number of nitrogens with zero attached hydrogens (tertiary/aromatic N) is 1. The molecule has 8 nitrogen and oxygen atoms in total. The highest BCUT2D eigenvalue weighted by Gasteiger charge is 2.12. The highest BCUT2D eigenvalue weighted by atomic mass is 32.2. The van der Waals surface area contributed by atoms with Crippen LogP contribution in [0.15, 0.2) is 34.3 Å². The molecule has 0 aliphatic rings. The van der Waals surface area contributed by atoms with Gasteiger partial charge in [-0.15, -0.1) is 0 Å². The number of hydrogen-bond acceptors (Lipinski definition) is 6. The second-order valence-corrected chi connectivity index (χ2v) is 8.54. The van der Waals surface area contributed by atoms with E-state index < -0.39 is 5.97 Å². The number of nitrogens with one attached hydrogen (secondary N) is 1. The van der Waals surface area contributed by atoms with E-state index in [0.29, 0.717) is 13.2 Å². The van der Waals surface area contributed by atoms with E-state index in [1.807, 2.05) is 31.2 Å². The fraction of sp³-hybridized carbons (Fsp3) is 0.417. The van der Waals surface area contributed by atoms with Crippen LogP contribution in [0.3, 0.4) is 0 Å². The predicted molar refractivity (Wildman–Crippen MR) is 135 cm³/mol. The summed E-state index contributed by atoms with van der Waals surface area (Å²) in [6.07, 6.45) is 0.727. The molecule has 0 saturated carbocycles. The van der Waals surface area contributed by atoms with Gasteiger partial charge in [-0.05, 0) is 98.6 Å². The largest absolute Gasteiger partial charge is 0.493 e. The fourth-order valence-electron chi connectivity index (χ4n) is 2.86. The van der Waals surface area contributed by atoms with Gasteiger partial charge in [-0.1, -0.05) is 17.7 Å². The Bertz CT molecular complexity index is 913. The maximum absolute atomic E-state index is 10.5. The first-order chi connectivity index (χ1) is 15.5. The molecule has 0 spiro atoms. The molecule has 0 radical (unpaired) electrons. The maximum atomic E-state index is 10.5. The van der Waals surface area contributed by atoms with E-state index in [-0.39, 0.29) is 12.5 Å². The molecule has 182 valence electrons. The number of nitrogens with two attached hydrogens (primary N) is 2. The van der Waals surface area contributed by atoms with Gasteiger partial charge in [-0.3, -0.25) is 4.79 Å². The van der Waals surface area contributed by atoms with E-state index in [2.05, 4.69) is 44.5 Å². The molecule has 0 bridgehead atoms. The van der Waals surface area contributed by atoms with Gasteiger partial charge in [0.25, 0.3) is 0 Å². The zero-order valence-electron chi connectivity index (χ0n) is 20.3. The molecule has 0 atom stereocenters. The highest BCUT2D eigenvalue weighted by molar-refractivity contribution is 7.97. The quantitative estimate of drug-likeness (QED) is 0.134. The SMILES string of the molecule is Cc1c(C)c(C)c(SNCC(=O)O)c(C)c1C.Cc1ccc(OCCCON=C(N)N)cc1. The van der Waals surface area contributed by atoms with Crippen LogP contribution in [-0.4, -0.2) is 36.8 Å². The molecule has 0 aliphatic carbocycles. The number of aliphatic carboxylic acids is 1. The van der Waals surface area contributed by atoms with E-state index in [4.69, 9.17) is 26.1 Å². The number of aryl methyl sites for hydroxylation is 1. The molecule has 2 aromatic rings. The predicted octanol–water partition coefficient (Wildman–Crippen LogP) is 3.88. The van der Waals surface area contributed by atoms with Crippen LogP contribution in [0.1, 0.15) is 39.8 Å². The average Bonchev–Trinajstić information content (AvgIpc) is 2.77. The summed E-state index contributed by atoms with van der Waals surface area (Å²) in [5.74, 6) is -0.0553. The van der Waals surface area contributed by atoms with E-state index in [9.17, 15) is 4.79 Å². The van der Waals surface area contributed by atoms with E-state index in [0.717, 1.165) is 17.1 Å². The van der Waals surface area contributed by atoms with Gasteiger partial charge in [0.1, 0.15) is 18.9 Å². The number of ether oxygens (including phenoxy) is 1. The monoisotopic (exact) mass is 476 g/mol. The molecule has 9 heteroatoms. The first-order valence-corrected chi connectivity index (χ1v) is 11.4. The summed E-state index contributed by atoms with van der Waals surface area (Å²) in [6, 6.07) is 7.88. The van der Waals surface area contributed by atoms with Crippen molar-refractivity contribution in [3.63, 3.8) is 0 Å². The van der Waals surface area contributed by atoms with E-state index >= 15 is 0 Å². The summed E-state index contributed by atoms with van der Waals surface area (Å²) in [5.41, 5.74) is 17.7. The molecule has 0 heterocycles. The van der Waals surface area contributed by atoms with Crippen molar-refractivity contribution in [2.75, 3.05) is 19.8 Å². The Morgan fingerprint density at radius 3 is 2.00 bits per heavy atom. The first kappa shape index (κ1) is 28.1. The van der Waals surface area contributed by atoms with Crippen molar-refractivity contribution in [1.29, 1.82) is 0 Å². The summed E-state index contributed by atoms with van der Waals surface area (Å²) >= 11 is 1.41. The minimum Gasteiger partial charge on any atom is -0.493 e. The van der Waals surface area contributed by atoms with Crippen LogP contribution in [0.4, 0.5) is 0 Å². The highest BCUT2D eigenvalue weighted by Crippen LogP contribution is 2.31. The number of rotatable bonds is 10. The van der Waals surface area contributed by atoms with Crippen molar-refractivity contribution in [1.82, 2.24) is 4.72 Å². The minimum atomic E-state index is -0.839. The Morgan fingerprint density at radius 2 is 1.48 bits per heavy atom. The number of oxime groups is 1. The summed E-state index contributed by atoms with van der Waals surface area (Å²) < 4.78 is 8.35. The van der Waals surface area contributed by atoms with Crippen molar-refractivity contribution in [3.05, 3.63) is 57.6 Å². The molecule has 0 aromatic heterocycles. The van der Waals surface area contributed by atoms with Crippen molar-refractivity contribution in [3.8, 4) is 5.75 Å². The Hall–Kier alpha value is -2.91. The molecule has 33 heavy (non-hydrogen) atoms. The van der Waals surface area contributed by atoms with Crippen molar-refractivity contribution < 1.29 is 19.5 Å². The summed E-state index contributed by atoms with van der Waals surface area (Å²) in [7, 11) is 0. The number of guanidine groups is 1. The molecular weight excluding hydrogens is 440 g/mol. The van der Waals surface area contributed by atoms with Gasteiger partial charge in [0.15, 0.2) is 0 Å². The number of carboxylic acids is 1. The Kier molecular flexibility index (Phi) is 12.2. The van der Waals surface area contributed by atoms with E-state index in [1.165, 1.54) is 45.3 Å². The van der Waals surface area contributed by atoms with Crippen LogP contribution < -0.4 is 20.9 Å². The molecule has 6 N–H and O–H groups in total. The zero-order chi connectivity index (χ0) is 25.0. The van der Waals surface area contributed by atoms with Gasteiger partial charge in [-0.25, -0.2) is 4.72 Å². The lowest BCUT2D eigenvalue weighted by Gasteiger charge is -2.17. The molecule has 2 aromatic carbocycles. The maximum Gasteiger partial charge on any atom is 0.318 e. The minimum absolute atomic E-state index is 0.0322. The third-order valence-electron chi connectivity index (χ3n) is 5.17. The Morgan fingerprint density at radius 1 is 0.939 bits per heavy atom. The van der Waals surface area contributed by atoms with Crippen LogP contribution >= 0.6 is 11.9 Å². The second-order valence-electron chi connectivity index (χ2n) is 7.64. The summed E-state index contributed by atoms with van der Waals surface area (Å²) in [6.45, 7) is 13.5. The van der Waals surface area contributed by atoms with Crippen molar-refractivity contribution in [2.24, 2.45) is 16.6 Å². The molecule has 2 rings (SSSR count). The van der Waals surface area contributed by atoms with Crippen LogP contribution in [0.5, 0.6) is 5.75 Å². The fourth-order valence-corrected chi connectivity index (χ4v) is 3.81. The van der Waals surface area contributed by atoms with Crippen LogP contribution in [-0.2, 0) is 9.63 Å². The third-order valence-corrected chi connectivity index (χ3v) is 6.27. The second kappa shape index (κ2) is 14.3. The Balaban J connectivity index is 0.000000331. The van der Waals surface area contributed by atoms with Gasteiger partial charge in [0.05, 0.1) is 6.61 Å². The van der Waals surface area contributed by atoms with Gasteiger partial charge in [-0.2, -0.15) is 0 Å². The van der Waals surface area contributed by atoms with Crippen LogP contribution in [0, 0.1) is 41.5 Å². The number of hydrogen-bond donors (Lipinski definition) is 4. The number of carboxylic acid groups (broad SMARTS) is 1. The van der Waals surface area contributed by atoms with Crippen LogP contribution in [0.25, 0.3) is 0 Å². The first-order valence-electron chi connectivity index (χ1n) is 10.6. The smallest absolute Gasteiger partial charge is 0.318 e. The van der Waals surface area contributed by atoms with Gasteiger partial charge in [0, 0.05) is 11.3 Å². The van der Waals surface area contributed by atoms with Crippen LogP contribution in [0.2, 0.25) is 0 Å². The van der Waals surface area contributed by atoms with Gasteiger partial charge < -0.3 is 26.1 Å². The lowest BCUT2D eigenvalue weighted by Crippen LogP contribution is -2.23. The third kappa shape index (κ3) is 10.0. The lowest BCUT2D eigenvalue weighted by atomic mass is 9.95. The Labute approximate surface area is 200 Å². The normalized spacial score (nSPS) is 10.1.